The highest BCUT2D eigenvalue weighted by Crippen LogP contribution is 2.21. The van der Waals surface area contributed by atoms with Gasteiger partial charge in [-0.25, -0.2) is 0 Å². The molecule has 0 radical (unpaired) electrons. The van der Waals surface area contributed by atoms with Crippen molar-refractivity contribution < 1.29 is 9.53 Å². The summed E-state index contributed by atoms with van der Waals surface area (Å²) < 4.78 is 7.33. The van der Waals surface area contributed by atoms with Crippen LogP contribution in [0.3, 0.4) is 0 Å². The van der Waals surface area contributed by atoms with E-state index in [-0.39, 0.29) is 5.91 Å². The average Bonchev–Trinajstić information content (AvgIpc) is 3.07. The van der Waals surface area contributed by atoms with Crippen LogP contribution in [0.1, 0.15) is 55.5 Å². The zero-order valence-electron chi connectivity index (χ0n) is 17.7. The normalized spacial score (nSPS) is 14.7. The Bertz CT molecular complexity index is 815. The minimum absolute atomic E-state index is 0.0984. The highest BCUT2D eigenvalue weighted by atomic mass is 32.2. The Hall–Kier alpha value is -2.02. The van der Waals surface area contributed by atoms with Crippen molar-refractivity contribution in [3.63, 3.8) is 0 Å². The molecule has 0 saturated heterocycles. The number of nitrogens with one attached hydrogen (secondary N) is 1. The number of aromatic nitrogens is 3. The lowest BCUT2D eigenvalue weighted by Crippen LogP contribution is -2.37. The van der Waals surface area contributed by atoms with Gasteiger partial charge in [-0.2, -0.15) is 0 Å². The third-order valence-electron chi connectivity index (χ3n) is 5.55. The SMILES string of the molecule is COc1ccc(CCCc2nnc(SCC(=O)NC3CCCCC3)n2C)cc1C. The van der Waals surface area contributed by atoms with Crippen molar-refractivity contribution in [3.05, 3.63) is 35.2 Å². The van der Waals surface area contributed by atoms with Crippen LogP contribution in [0.5, 0.6) is 5.75 Å². The Kier molecular flexibility index (Phi) is 7.98. The monoisotopic (exact) mass is 416 g/mol. The van der Waals surface area contributed by atoms with Gasteiger partial charge in [0.05, 0.1) is 12.9 Å². The van der Waals surface area contributed by atoms with Crippen LogP contribution in [0.2, 0.25) is 0 Å². The number of nitrogens with zero attached hydrogens (tertiary/aromatic N) is 3. The first-order chi connectivity index (χ1) is 14.1. The first-order valence-corrected chi connectivity index (χ1v) is 11.5. The molecular formula is C22H32N4O2S. The molecule has 1 aromatic carbocycles. The number of thioether (sulfide) groups is 1. The summed E-state index contributed by atoms with van der Waals surface area (Å²) in [6.45, 7) is 2.07. The molecule has 0 aliphatic heterocycles. The average molecular weight is 417 g/mol. The Balaban J connectivity index is 1.44. The smallest absolute Gasteiger partial charge is 0.230 e. The van der Waals surface area contributed by atoms with Gasteiger partial charge in [-0.3, -0.25) is 4.79 Å². The molecular weight excluding hydrogens is 384 g/mol. The van der Waals surface area contributed by atoms with E-state index in [1.807, 2.05) is 17.7 Å². The van der Waals surface area contributed by atoms with E-state index in [0.29, 0.717) is 11.8 Å². The van der Waals surface area contributed by atoms with E-state index in [2.05, 4.69) is 34.6 Å². The van der Waals surface area contributed by atoms with E-state index in [1.165, 1.54) is 36.6 Å². The van der Waals surface area contributed by atoms with E-state index in [0.717, 1.165) is 54.4 Å². The van der Waals surface area contributed by atoms with Gasteiger partial charge in [0.1, 0.15) is 11.6 Å². The maximum absolute atomic E-state index is 12.2. The predicted molar refractivity (Wildman–Crippen MR) is 116 cm³/mol. The molecule has 3 rings (SSSR count). The van der Waals surface area contributed by atoms with Gasteiger partial charge < -0.3 is 14.6 Å². The van der Waals surface area contributed by atoms with Crippen LogP contribution >= 0.6 is 11.8 Å². The Labute approximate surface area is 177 Å². The molecule has 29 heavy (non-hydrogen) atoms. The second-order valence-corrected chi connectivity index (χ2v) is 8.75. The lowest BCUT2D eigenvalue weighted by atomic mass is 9.95. The van der Waals surface area contributed by atoms with Crippen molar-refractivity contribution in [2.75, 3.05) is 12.9 Å². The molecule has 158 valence electrons. The highest BCUT2D eigenvalue weighted by Gasteiger charge is 2.17. The van der Waals surface area contributed by atoms with Crippen molar-refractivity contribution in [1.29, 1.82) is 0 Å². The van der Waals surface area contributed by atoms with Crippen molar-refractivity contribution in [1.82, 2.24) is 20.1 Å². The third-order valence-corrected chi connectivity index (χ3v) is 6.57. The summed E-state index contributed by atoms with van der Waals surface area (Å²) in [6.07, 6.45) is 8.82. The maximum Gasteiger partial charge on any atom is 0.230 e. The predicted octanol–water partition coefficient (Wildman–Crippen LogP) is 3.85. The lowest BCUT2D eigenvalue weighted by Gasteiger charge is -2.22. The largest absolute Gasteiger partial charge is 0.496 e. The van der Waals surface area contributed by atoms with Gasteiger partial charge >= 0.3 is 0 Å². The zero-order chi connectivity index (χ0) is 20.6. The van der Waals surface area contributed by atoms with Crippen LogP contribution in [0.15, 0.2) is 23.4 Å². The quantitative estimate of drug-likeness (QED) is 0.629. The molecule has 0 spiro atoms. The van der Waals surface area contributed by atoms with Crippen molar-refractivity contribution in [3.8, 4) is 5.75 Å². The first kappa shape index (κ1) is 21.7. The number of benzene rings is 1. The fraction of sp³-hybridized carbons (Fsp3) is 0.591. The number of carbonyl (C=O) groups is 1. The standard InChI is InChI=1S/C22H32N4O2S/c1-16-14-17(12-13-19(16)28-3)8-7-11-20-24-25-22(26(20)2)29-15-21(27)23-18-9-5-4-6-10-18/h12-14,18H,4-11,15H2,1-3H3,(H,23,27). The van der Waals surface area contributed by atoms with E-state index >= 15 is 0 Å². The van der Waals surface area contributed by atoms with Crippen molar-refractivity contribution in [2.24, 2.45) is 7.05 Å². The summed E-state index contributed by atoms with van der Waals surface area (Å²) in [6, 6.07) is 6.68. The van der Waals surface area contributed by atoms with Crippen molar-refractivity contribution >= 4 is 17.7 Å². The summed E-state index contributed by atoms with van der Waals surface area (Å²) >= 11 is 1.46. The van der Waals surface area contributed by atoms with Crippen molar-refractivity contribution in [2.45, 2.75) is 69.5 Å². The molecule has 1 heterocycles. The number of ether oxygens (including phenoxy) is 1. The molecule has 2 aromatic rings. The van der Waals surface area contributed by atoms with Gasteiger partial charge in [0.25, 0.3) is 0 Å². The molecule has 1 aliphatic rings. The highest BCUT2D eigenvalue weighted by molar-refractivity contribution is 7.99. The van der Waals surface area contributed by atoms with Gasteiger partial charge in [-0.1, -0.05) is 43.2 Å². The number of rotatable bonds is 9. The Morgan fingerprint density at radius 3 is 2.76 bits per heavy atom. The topological polar surface area (TPSA) is 69.0 Å². The summed E-state index contributed by atoms with van der Waals surface area (Å²) in [5.41, 5.74) is 2.47. The number of amides is 1. The zero-order valence-corrected chi connectivity index (χ0v) is 18.6. The number of carbonyl (C=O) groups excluding carboxylic acids is 1. The first-order valence-electron chi connectivity index (χ1n) is 10.5. The van der Waals surface area contributed by atoms with Crippen LogP contribution < -0.4 is 10.1 Å². The second-order valence-electron chi connectivity index (χ2n) is 7.81. The molecule has 1 fully saturated rings. The summed E-state index contributed by atoms with van der Waals surface area (Å²) in [4.78, 5) is 12.2. The van der Waals surface area contributed by atoms with Gasteiger partial charge in [0, 0.05) is 19.5 Å². The molecule has 1 saturated carbocycles. The molecule has 0 unspecified atom stereocenters. The maximum atomic E-state index is 12.2. The van der Waals surface area contributed by atoms with Gasteiger partial charge in [-0.05, 0) is 49.8 Å². The van der Waals surface area contributed by atoms with Crippen LogP contribution in [0.4, 0.5) is 0 Å². The molecule has 0 bridgehead atoms. The molecule has 7 heteroatoms. The lowest BCUT2D eigenvalue weighted by molar-refractivity contribution is -0.119. The van der Waals surface area contributed by atoms with Crippen LogP contribution in [0.25, 0.3) is 0 Å². The van der Waals surface area contributed by atoms with E-state index in [1.54, 1.807) is 7.11 Å². The Morgan fingerprint density at radius 2 is 2.03 bits per heavy atom. The number of aryl methyl sites for hydroxylation is 3. The summed E-state index contributed by atoms with van der Waals surface area (Å²) in [7, 11) is 3.68. The molecule has 1 N–H and O–H groups in total. The number of hydrogen-bond donors (Lipinski definition) is 1. The third kappa shape index (κ3) is 6.23. The van der Waals surface area contributed by atoms with Crippen LogP contribution in [-0.2, 0) is 24.7 Å². The van der Waals surface area contributed by atoms with Gasteiger partial charge in [0.2, 0.25) is 5.91 Å². The fourth-order valence-corrected chi connectivity index (χ4v) is 4.62. The van der Waals surface area contributed by atoms with Gasteiger partial charge in [-0.15, -0.1) is 10.2 Å². The summed E-state index contributed by atoms with van der Waals surface area (Å²) in [5.74, 6) is 2.39. The van der Waals surface area contributed by atoms with Crippen LogP contribution in [-0.4, -0.2) is 39.6 Å². The molecule has 1 aromatic heterocycles. The summed E-state index contributed by atoms with van der Waals surface area (Å²) in [5, 5.41) is 12.6. The number of hydrogen-bond acceptors (Lipinski definition) is 5. The molecule has 1 aliphatic carbocycles. The van der Waals surface area contributed by atoms with E-state index < -0.39 is 0 Å². The number of methoxy groups -OCH3 is 1. The molecule has 0 atom stereocenters. The Morgan fingerprint density at radius 1 is 1.24 bits per heavy atom. The van der Waals surface area contributed by atoms with Crippen LogP contribution in [0, 0.1) is 6.92 Å². The van der Waals surface area contributed by atoms with E-state index in [4.69, 9.17) is 4.74 Å². The second kappa shape index (κ2) is 10.7. The van der Waals surface area contributed by atoms with Gasteiger partial charge in [0.15, 0.2) is 5.16 Å². The fourth-order valence-electron chi connectivity index (χ4n) is 3.88. The minimum atomic E-state index is 0.0984. The molecule has 6 nitrogen and oxygen atoms in total. The van der Waals surface area contributed by atoms with E-state index in [9.17, 15) is 4.79 Å². The molecule has 1 amide bonds. The minimum Gasteiger partial charge on any atom is -0.496 e.